The maximum Gasteiger partial charge on any atom is 0.255 e. The molecule has 8 nitrogen and oxygen atoms in total. The van der Waals surface area contributed by atoms with Gasteiger partial charge in [-0.25, -0.2) is 4.39 Å². The minimum Gasteiger partial charge on any atom is -0.397 e. The first-order valence-electron chi connectivity index (χ1n) is 13.1. The van der Waals surface area contributed by atoms with Crippen molar-refractivity contribution >= 4 is 35.8 Å². The summed E-state index contributed by atoms with van der Waals surface area (Å²) >= 11 is 4.36. The monoisotopic (exact) mass is 556 g/mol. The van der Waals surface area contributed by atoms with Crippen LogP contribution in [0.5, 0.6) is 0 Å². The predicted molar refractivity (Wildman–Crippen MR) is 155 cm³/mol. The minimum absolute atomic E-state index is 0.00923. The molecule has 0 aliphatic carbocycles. The fourth-order valence-corrected chi connectivity index (χ4v) is 4.72. The van der Waals surface area contributed by atoms with Crippen molar-refractivity contribution < 1.29 is 24.2 Å². The summed E-state index contributed by atoms with van der Waals surface area (Å²) in [5.74, 6) is -2.00. The van der Waals surface area contributed by atoms with Gasteiger partial charge in [0.25, 0.3) is 11.8 Å². The van der Waals surface area contributed by atoms with Crippen LogP contribution in [-0.2, 0) is 9.59 Å². The summed E-state index contributed by atoms with van der Waals surface area (Å²) in [6.07, 6.45) is 3.81. The van der Waals surface area contributed by atoms with Crippen LogP contribution in [-0.4, -0.2) is 65.3 Å². The molecule has 0 aromatic heterocycles. The lowest BCUT2D eigenvalue weighted by Crippen LogP contribution is -2.52. The van der Waals surface area contributed by atoms with Gasteiger partial charge in [0.05, 0.1) is 17.4 Å². The third kappa shape index (κ3) is 8.32. The lowest BCUT2D eigenvalue weighted by Gasteiger charge is -2.37. The number of carbonyl (C=O) groups excluding carboxylic acids is 2. The molecule has 1 fully saturated rings. The van der Waals surface area contributed by atoms with Crippen molar-refractivity contribution in [2.75, 3.05) is 36.8 Å². The molecule has 0 bridgehead atoms. The Morgan fingerprint density at radius 1 is 1.18 bits per heavy atom. The van der Waals surface area contributed by atoms with Crippen molar-refractivity contribution in [2.45, 2.75) is 44.4 Å². The number of piperidine rings is 1. The van der Waals surface area contributed by atoms with E-state index in [0.717, 1.165) is 30.6 Å². The Kier molecular flexibility index (Phi) is 11.4. The second kappa shape index (κ2) is 14.7. The van der Waals surface area contributed by atoms with Crippen LogP contribution in [0.2, 0.25) is 0 Å². The normalized spacial score (nSPS) is 17.6. The molecule has 1 heterocycles. The van der Waals surface area contributed by atoms with Crippen LogP contribution >= 0.6 is 12.6 Å². The molecule has 0 saturated carbocycles. The van der Waals surface area contributed by atoms with Crippen LogP contribution < -0.4 is 16.0 Å². The highest BCUT2D eigenvalue weighted by Gasteiger charge is 2.37. The average molecular weight is 557 g/mol. The number of hydrogen-bond acceptors (Lipinski definition) is 7. The van der Waals surface area contributed by atoms with Gasteiger partial charge >= 0.3 is 0 Å². The average Bonchev–Trinajstić information content (AvgIpc) is 2.95. The van der Waals surface area contributed by atoms with Crippen LogP contribution in [0.1, 0.15) is 37.8 Å². The van der Waals surface area contributed by atoms with Crippen LogP contribution in [0.4, 0.5) is 15.8 Å². The number of halogens is 1. The van der Waals surface area contributed by atoms with Crippen molar-refractivity contribution in [1.29, 1.82) is 0 Å². The number of nitrogen functional groups attached to an aromatic ring is 1. The van der Waals surface area contributed by atoms with Crippen LogP contribution in [0.25, 0.3) is 0 Å². The minimum atomic E-state index is -1.94. The molecule has 2 aromatic carbocycles. The first kappa shape index (κ1) is 30.2. The van der Waals surface area contributed by atoms with Gasteiger partial charge in [-0.1, -0.05) is 42.5 Å². The van der Waals surface area contributed by atoms with Crippen molar-refractivity contribution in [3.05, 3.63) is 83.0 Å². The third-order valence-corrected chi connectivity index (χ3v) is 7.02. The van der Waals surface area contributed by atoms with Crippen molar-refractivity contribution in [3.63, 3.8) is 0 Å². The summed E-state index contributed by atoms with van der Waals surface area (Å²) in [5.41, 5.74) is 8.44. The van der Waals surface area contributed by atoms with Gasteiger partial charge in [-0.05, 0) is 56.0 Å². The highest BCUT2D eigenvalue weighted by atomic mass is 32.1. The molecular formula is C29H37FN4O4S. The number of rotatable bonds is 11. The Morgan fingerprint density at radius 2 is 1.90 bits per heavy atom. The number of nitrogens with one attached hydrogen (secondary N) is 1. The number of nitrogens with two attached hydrogens (primary N) is 1. The second-order valence-corrected chi connectivity index (χ2v) is 9.96. The van der Waals surface area contributed by atoms with Crippen LogP contribution in [0, 0.1) is 5.82 Å². The maximum absolute atomic E-state index is 13.4. The molecule has 5 N–H and O–H groups in total. The van der Waals surface area contributed by atoms with Gasteiger partial charge in [0.1, 0.15) is 5.82 Å². The summed E-state index contributed by atoms with van der Waals surface area (Å²) in [7, 11) is 0. The summed E-state index contributed by atoms with van der Waals surface area (Å²) in [4.78, 5) is 29.6. The fourth-order valence-electron chi connectivity index (χ4n) is 4.56. The zero-order valence-electron chi connectivity index (χ0n) is 22.0. The predicted octanol–water partition coefficient (Wildman–Crippen LogP) is 3.20. The van der Waals surface area contributed by atoms with Crippen molar-refractivity contribution in [2.24, 2.45) is 0 Å². The zero-order chi connectivity index (χ0) is 28.4. The Hall–Kier alpha value is -3.34. The maximum atomic E-state index is 13.4. The topological polar surface area (TPSA) is 119 Å². The van der Waals surface area contributed by atoms with E-state index in [1.54, 1.807) is 24.3 Å². The smallest absolute Gasteiger partial charge is 0.255 e. The number of anilines is 2. The standard InChI is InChI=1S/C29H37FN4O4S/c1-2-33(25-12-4-3-10-23(25)31)17-7-5-9-22(39)19-32-28(37)26(35)27(36)29(38)34-18-8-6-11-24(34)20-13-15-21(30)16-14-20/h3-5,7,9-10,12-16,24,26-27,35-36,39H,2,6,8,11,17-19,31H2,1H3,(H,32,37)/b7-5+,22-9-. The number of aliphatic hydroxyl groups is 2. The number of likely N-dealkylation sites (tertiary alicyclic amines) is 1. The van der Waals surface area contributed by atoms with E-state index in [1.165, 1.54) is 17.0 Å². The van der Waals surface area contributed by atoms with E-state index in [1.807, 2.05) is 37.3 Å². The molecule has 10 heteroatoms. The van der Waals surface area contributed by atoms with Gasteiger partial charge in [0, 0.05) is 31.1 Å². The molecule has 210 valence electrons. The van der Waals surface area contributed by atoms with Gasteiger partial charge < -0.3 is 31.1 Å². The fraction of sp³-hybridized carbons (Fsp3) is 0.379. The Bertz CT molecular complexity index is 1170. The summed E-state index contributed by atoms with van der Waals surface area (Å²) < 4.78 is 13.4. The summed E-state index contributed by atoms with van der Waals surface area (Å²) in [6, 6.07) is 13.1. The molecule has 1 aliphatic heterocycles. The van der Waals surface area contributed by atoms with E-state index >= 15 is 0 Å². The van der Waals surface area contributed by atoms with E-state index < -0.39 is 24.0 Å². The van der Waals surface area contributed by atoms with Gasteiger partial charge in [-0.3, -0.25) is 9.59 Å². The summed E-state index contributed by atoms with van der Waals surface area (Å²) in [5, 5.41) is 23.4. The lowest BCUT2D eigenvalue weighted by molar-refractivity contribution is -0.156. The quantitative estimate of drug-likeness (QED) is 0.165. The second-order valence-electron chi connectivity index (χ2n) is 9.39. The number of allylic oxidation sites excluding steroid dienone is 2. The number of para-hydroxylation sites is 2. The molecule has 3 unspecified atom stereocenters. The molecule has 1 aliphatic rings. The van der Waals surface area contributed by atoms with E-state index in [4.69, 9.17) is 5.73 Å². The largest absolute Gasteiger partial charge is 0.397 e. The number of amides is 2. The molecular weight excluding hydrogens is 519 g/mol. The van der Waals surface area contributed by atoms with E-state index in [-0.39, 0.29) is 18.4 Å². The molecule has 39 heavy (non-hydrogen) atoms. The number of nitrogens with zero attached hydrogens (tertiary/aromatic N) is 2. The summed E-state index contributed by atoms with van der Waals surface area (Å²) in [6.45, 7) is 3.81. The van der Waals surface area contributed by atoms with Gasteiger partial charge in [0.15, 0.2) is 12.2 Å². The van der Waals surface area contributed by atoms with Crippen LogP contribution in [0.15, 0.2) is 71.7 Å². The van der Waals surface area contributed by atoms with Crippen LogP contribution in [0.3, 0.4) is 0 Å². The highest BCUT2D eigenvalue weighted by Crippen LogP contribution is 2.31. The zero-order valence-corrected chi connectivity index (χ0v) is 22.9. The van der Waals surface area contributed by atoms with E-state index in [0.29, 0.717) is 30.1 Å². The number of thiol groups is 1. The molecule has 0 radical (unpaired) electrons. The first-order chi connectivity index (χ1) is 18.7. The number of hydrogen-bond donors (Lipinski definition) is 5. The SMILES string of the molecule is CCN(C/C=C/C=C(\S)CNC(=O)C(O)C(O)C(=O)N1CCCCC1c1ccc(F)cc1)c1ccccc1N. The van der Waals surface area contributed by atoms with Gasteiger partial charge in [-0.2, -0.15) is 0 Å². The highest BCUT2D eigenvalue weighted by molar-refractivity contribution is 7.84. The van der Waals surface area contributed by atoms with Crippen molar-refractivity contribution in [1.82, 2.24) is 10.2 Å². The van der Waals surface area contributed by atoms with Gasteiger partial charge in [0.2, 0.25) is 0 Å². The van der Waals surface area contributed by atoms with E-state index in [2.05, 4.69) is 22.8 Å². The Morgan fingerprint density at radius 3 is 2.59 bits per heavy atom. The van der Waals surface area contributed by atoms with Crippen molar-refractivity contribution in [3.8, 4) is 0 Å². The van der Waals surface area contributed by atoms with Gasteiger partial charge in [-0.15, -0.1) is 12.6 Å². The number of carbonyl (C=O) groups is 2. The molecule has 1 saturated heterocycles. The van der Waals surface area contributed by atoms with E-state index in [9.17, 15) is 24.2 Å². The number of benzene rings is 2. The molecule has 2 amide bonds. The Balaban J connectivity index is 1.52. The number of aliphatic hydroxyl groups excluding tert-OH is 2. The molecule has 0 spiro atoms. The number of likely N-dealkylation sites (N-methyl/N-ethyl adjacent to an activating group) is 1. The molecule has 3 atom stereocenters. The Labute approximate surface area is 234 Å². The first-order valence-corrected chi connectivity index (χ1v) is 13.5. The lowest BCUT2D eigenvalue weighted by atomic mass is 9.94. The third-order valence-electron chi connectivity index (χ3n) is 6.71. The molecule has 3 rings (SSSR count). The molecule has 2 aromatic rings.